The molecule has 1 aromatic heterocycles. The molecule has 0 radical (unpaired) electrons. The lowest BCUT2D eigenvalue weighted by Crippen LogP contribution is -2.47. The second-order valence-electron chi connectivity index (χ2n) is 6.42. The van der Waals surface area contributed by atoms with E-state index >= 15 is 0 Å². The normalized spacial score (nSPS) is 19.0. The molecule has 0 unspecified atom stereocenters. The Morgan fingerprint density at radius 1 is 1.31 bits per heavy atom. The molecule has 2 aliphatic heterocycles. The lowest BCUT2D eigenvalue weighted by atomic mass is 9.78. The van der Waals surface area contributed by atoms with Crippen molar-refractivity contribution in [3.63, 3.8) is 0 Å². The lowest BCUT2D eigenvalue weighted by Gasteiger charge is -2.35. The minimum atomic E-state index is -0.455. The molecule has 0 spiro atoms. The average molecular weight is 407 g/mol. The van der Waals surface area contributed by atoms with Crippen LogP contribution in [0.1, 0.15) is 12.8 Å². The molecule has 0 atom stereocenters. The molecule has 26 heavy (non-hydrogen) atoms. The largest absolute Gasteiger partial charge is 0.384 e. The van der Waals surface area contributed by atoms with Gasteiger partial charge in [0.05, 0.1) is 37.1 Å². The molecule has 1 aromatic rings. The van der Waals surface area contributed by atoms with Gasteiger partial charge in [-0.15, -0.1) is 24.8 Å². The lowest BCUT2D eigenvalue weighted by molar-refractivity contribution is -0.130. The fraction of sp³-hybridized carbons (Fsp3) is 0.647. The molecule has 2 N–H and O–H groups in total. The van der Waals surface area contributed by atoms with Crippen molar-refractivity contribution in [3.8, 4) is 0 Å². The van der Waals surface area contributed by atoms with Crippen LogP contribution in [-0.2, 0) is 14.3 Å². The molecule has 0 aliphatic carbocycles. The molecule has 0 bridgehead atoms. The Kier molecular flexibility index (Phi) is 9.60. The number of anilines is 2. The highest BCUT2D eigenvalue weighted by molar-refractivity contribution is 5.95. The number of pyridine rings is 1. The molecule has 1 amide bonds. The van der Waals surface area contributed by atoms with E-state index in [1.54, 1.807) is 13.3 Å². The van der Waals surface area contributed by atoms with E-state index in [-0.39, 0.29) is 30.7 Å². The Balaban J connectivity index is 0.00000169. The molecule has 2 saturated heterocycles. The van der Waals surface area contributed by atoms with Crippen LogP contribution in [0.3, 0.4) is 0 Å². The molecular formula is C17H28Cl2N4O3. The molecule has 2 aliphatic rings. The number of carbonyl (C=O) groups is 1. The van der Waals surface area contributed by atoms with Crippen LogP contribution in [0.15, 0.2) is 18.3 Å². The van der Waals surface area contributed by atoms with Crippen LogP contribution in [0.2, 0.25) is 0 Å². The average Bonchev–Trinajstić information content (AvgIpc) is 2.64. The maximum Gasteiger partial charge on any atom is 0.233 e. The molecular weight excluding hydrogens is 379 g/mol. The summed E-state index contributed by atoms with van der Waals surface area (Å²) in [5, 5.41) is 6.31. The fourth-order valence-corrected chi connectivity index (χ4v) is 3.32. The number of hydrogen-bond donors (Lipinski definition) is 2. The Morgan fingerprint density at radius 3 is 2.58 bits per heavy atom. The Morgan fingerprint density at radius 2 is 2.00 bits per heavy atom. The number of piperidine rings is 1. The Bertz CT molecular complexity index is 542. The molecule has 7 nitrogen and oxygen atoms in total. The Hall–Kier alpha value is -1.12. The number of methoxy groups -OCH3 is 1. The third-order valence-electron chi connectivity index (χ3n) is 4.80. The first kappa shape index (κ1) is 22.9. The molecule has 2 fully saturated rings. The minimum absolute atomic E-state index is 0. The number of hydrogen-bond acceptors (Lipinski definition) is 6. The quantitative estimate of drug-likeness (QED) is 0.774. The van der Waals surface area contributed by atoms with Crippen molar-refractivity contribution in [2.24, 2.45) is 5.41 Å². The molecule has 3 rings (SSSR count). The number of rotatable bonds is 5. The van der Waals surface area contributed by atoms with Crippen LogP contribution in [0, 0.1) is 5.41 Å². The third kappa shape index (κ3) is 5.44. The second kappa shape index (κ2) is 10.9. The highest BCUT2D eigenvalue weighted by atomic mass is 35.5. The maximum atomic E-state index is 12.8. The zero-order valence-electron chi connectivity index (χ0n) is 15.0. The van der Waals surface area contributed by atoms with Gasteiger partial charge in [-0.1, -0.05) is 0 Å². The smallest absolute Gasteiger partial charge is 0.233 e. The minimum Gasteiger partial charge on any atom is -0.384 e. The van der Waals surface area contributed by atoms with Crippen molar-refractivity contribution in [3.05, 3.63) is 18.3 Å². The van der Waals surface area contributed by atoms with E-state index in [0.29, 0.717) is 6.61 Å². The van der Waals surface area contributed by atoms with Crippen LogP contribution in [-0.4, -0.2) is 64.0 Å². The van der Waals surface area contributed by atoms with Gasteiger partial charge in [0, 0.05) is 20.2 Å². The molecule has 9 heteroatoms. The highest BCUT2D eigenvalue weighted by Crippen LogP contribution is 2.31. The summed E-state index contributed by atoms with van der Waals surface area (Å²) in [7, 11) is 1.65. The van der Waals surface area contributed by atoms with E-state index < -0.39 is 5.41 Å². The molecule has 0 saturated carbocycles. The van der Waals surface area contributed by atoms with Crippen molar-refractivity contribution in [2.45, 2.75) is 12.8 Å². The third-order valence-corrected chi connectivity index (χ3v) is 4.80. The fourth-order valence-electron chi connectivity index (χ4n) is 3.32. The van der Waals surface area contributed by atoms with Gasteiger partial charge < -0.3 is 25.0 Å². The van der Waals surface area contributed by atoms with Gasteiger partial charge in [-0.2, -0.15) is 0 Å². The predicted molar refractivity (Wildman–Crippen MR) is 107 cm³/mol. The van der Waals surface area contributed by atoms with Crippen LogP contribution >= 0.6 is 24.8 Å². The van der Waals surface area contributed by atoms with E-state index in [0.717, 1.165) is 63.7 Å². The maximum absolute atomic E-state index is 12.8. The van der Waals surface area contributed by atoms with Gasteiger partial charge in [0.15, 0.2) is 0 Å². The van der Waals surface area contributed by atoms with E-state index in [1.807, 2.05) is 12.1 Å². The summed E-state index contributed by atoms with van der Waals surface area (Å²) < 4.78 is 10.7. The van der Waals surface area contributed by atoms with Crippen molar-refractivity contribution in [1.29, 1.82) is 0 Å². The summed E-state index contributed by atoms with van der Waals surface area (Å²) in [6.07, 6.45) is 3.29. The van der Waals surface area contributed by atoms with E-state index in [2.05, 4.69) is 20.5 Å². The Labute approximate surface area is 167 Å². The number of amides is 1. The number of ether oxygens (including phenoxy) is 2. The van der Waals surface area contributed by atoms with Crippen LogP contribution < -0.4 is 15.5 Å². The second-order valence-corrected chi connectivity index (χ2v) is 6.42. The van der Waals surface area contributed by atoms with Gasteiger partial charge in [0.25, 0.3) is 0 Å². The highest BCUT2D eigenvalue weighted by Gasteiger charge is 2.39. The van der Waals surface area contributed by atoms with Crippen LogP contribution in [0.5, 0.6) is 0 Å². The van der Waals surface area contributed by atoms with Crippen molar-refractivity contribution in [2.75, 3.05) is 63.3 Å². The number of nitrogens with zero attached hydrogens (tertiary/aromatic N) is 2. The van der Waals surface area contributed by atoms with Gasteiger partial charge in [-0.3, -0.25) is 4.79 Å². The summed E-state index contributed by atoms with van der Waals surface area (Å²) in [5.74, 6) is 0.941. The van der Waals surface area contributed by atoms with Crippen molar-refractivity contribution < 1.29 is 14.3 Å². The molecule has 0 aromatic carbocycles. The summed E-state index contributed by atoms with van der Waals surface area (Å²) in [6, 6.07) is 3.86. The van der Waals surface area contributed by atoms with Crippen molar-refractivity contribution in [1.82, 2.24) is 10.3 Å². The first-order chi connectivity index (χ1) is 11.7. The topological polar surface area (TPSA) is 75.7 Å². The predicted octanol–water partition coefficient (Wildman–Crippen LogP) is 1.72. The van der Waals surface area contributed by atoms with Gasteiger partial charge in [-0.05, 0) is 38.1 Å². The van der Waals surface area contributed by atoms with Gasteiger partial charge >= 0.3 is 0 Å². The monoisotopic (exact) mass is 406 g/mol. The number of carbonyl (C=O) groups excluding carboxylic acids is 1. The van der Waals surface area contributed by atoms with Crippen LogP contribution in [0.4, 0.5) is 11.5 Å². The van der Waals surface area contributed by atoms with Gasteiger partial charge in [-0.25, -0.2) is 4.98 Å². The number of halogens is 2. The van der Waals surface area contributed by atoms with Gasteiger partial charge in [0.2, 0.25) is 5.91 Å². The van der Waals surface area contributed by atoms with Crippen LogP contribution in [0.25, 0.3) is 0 Å². The molecule has 3 heterocycles. The summed E-state index contributed by atoms with van der Waals surface area (Å²) in [5.41, 5.74) is 0.272. The summed E-state index contributed by atoms with van der Waals surface area (Å²) in [6.45, 7) is 5.28. The summed E-state index contributed by atoms with van der Waals surface area (Å²) >= 11 is 0. The SMILES string of the molecule is COCC1(C(=O)Nc2ccc(N3CCOCC3)nc2)CCNCC1.Cl.Cl. The number of aromatic nitrogens is 1. The number of morpholine rings is 1. The first-order valence-corrected chi connectivity index (χ1v) is 8.53. The number of nitrogens with one attached hydrogen (secondary N) is 2. The standard InChI is InChI=1S/C17H26N4O3.2ClH/c1-23-13-17(4-6-18-7-5-17)16(22)20-14-2-3-15(19-12-14)21-8-10-24-11-9-21;;/h2-3,12,18H,4-11,13H2,1H3,(H,20,22);2*1H. The van der Waals surface area contributed by atoms with Gasteiger partial charge in [0.1, 0.15) is 5.82 Å². The van der Waals surface area contributed by atoms with E-state index in [9.17, 15) is 4.79 Å². The summed E-state index contributed by atoms with van der Waals surface area (Å²) in [4.78, 5) is 19.5. The zero-order chi connectivity index (χ0) is 16.8. The van der Waals surface area contributed by atoms with E-state index in [4.69, 9.17) is 9.47 Å². The molecule has 148 valence electrons. The zero-order valence-corrected chi connectivity index (χ0v) is 16.7. The first-order valence-electron chi connectivity index (χ1n) is 8.53. The van der Waals surface area contributed by atoms with Crippen molar-refractivity contribution >= 4 is 42.2 Å². The van der Waals surface area contributed by atoms with E-state index in [1.165, 1.54) is 0 Å².